The molecule has 2 heterocycles. The summed E-state index contributed by atoms with van der Waals surface area (Å²) in [6.45, 7) is 3.72. The average Bonchev–Trinajstić information content (AvgIpc) is 3.19. The number of rotatable bonds is 5. The van der Waals surface area contributed by atoms with Crippen LogP contribution in [0.5, 0.6) is 0 Å². The van der Waals surface area contributed by atoms with Crippen molar-refractivity contribution in [1.82, 2.24) is 4.90 Å². The lowest BCUT2D eigenvalue weighted by Crippen LogP contribution is -2.36. The molecule has 1 atom stereocenters. The second kappa shape index (κ2) is 7.62. The third-order valence-electron chi connectivity index (χ3n) is 4.22. The number of carbonyl (C=O) groups is 3. The van der Waals surface area contributed by atoms with Gasteiger partial charge in [-0.15, -0.1) is 0 Å². The van der Waals surface area contributed by atoms with Gasteiger partial charge < -0.3 is 14.3 Å². The number of imide groups is 1. The number of aromatic carboxylic acids is 1. The first-order valence-electron chi connectivity index (χ1n) is 8.20. The smallest absolute Gasteiger partial charge is 0.293 e. The molecule has 2 amide bonds. The topological polar surface area (TPSA) is 90.7 Å². The van der Waals surface area contributed by atoms with Crippen molar-refractivity contribution in [3.63, 3.8) is 0 Å². The summed E-state index contributed by atoms with van der Waals surface area (Å²) in [6, 6.07) is 7.20. The molecular formula is C19H15ClNO5S-. The SMILES string of the molecule is CCC(C)N1C(=O)S/C(=C/c2ccc(-c3cc(C(=O)[O-])ccc3Cl)o2)C1=O. The van der Waals surface area contributed by atoms with Crippen LogP contribution in [0.4, 0.5) is 4.79 Å². The van der Waals surface area contributed by atoms with Gasteiger partial charge >= 0.3 is 0 Å². The Morgan fingerprint density at radius 3 is 2.74 bits per heavy atom. The van der Waals surface area contributed by atoms with E-state index in [0.717, 1.165) is 11.8 Å². The molecule has 2 aromatic rings. The highest BCUT2D eigenvalue weighted by Crippen LogP contribution is 2.36. The van der Waals surface area contributed by atoms with Gasteiger partial charge in [-0.05, 0) is 54.9 Å². The Hall–Kier alpha value is -2.51. The summed E-state index contributed by atoms with van der Waals surface area (Å²) in [4.78, 5) is 37.1. The molecule has 140 valence electrons. The molecule has 6 nitrogen and oxygen atoms in total. The maximum atomic E-state index is 12.5. The fraction of sp³-hybridized carbons (Fsp3) is 0.211. The van der Waals surface area contributed by atoms with Gasteiger partial charge in [0.15, 0.2) is 0 Å². The normalized spacial score (nSPS) is 17.0. The lowest BCUT2D eigenvalue weighted by atomic mass is 10.1. The Morgan fingerprint density at radius 2 is 2.07 bits per heavy atom. The zero-order valence-corrected chi connectivity index (χ0v) is 16.1. The minimum absolute atomic E-state index is 0.0259. The van der Waals surface area contributed by atoms with Gasteiger partial charge in [-0.2, -0.15) is 0 Å². The summed E-state index contributed by atoms with van der Waals surface area (Å²) in [7, 11) is 0. The van der Waals surface area contributed by atoms with Gasteiger partial charge in [0, 0.05) is 17.7 Å². The molecule has 1 fully saturated rings. The quantitative estimate of drug-likeness (QED) is 0.704. The molecule has 0 radical (unpaired) electrons. The first-order chi connectivity index (χ1) is 12.8. The number of carboxylic acids is 1. The van der Waals surface area contributed by atoms with E-state index in [-0.39, 0.29) is 27.7 Å². The van der Waals surface area contributed by atoms with Gasteiger partial charge in [0.25, 0.3) is 11.1 Å². The predicted octanol–water partition coefficient (Wildman–Crippen LogP) is 3.80. The third-order valence-corrected chi connectivity index (χ3v) is 5.44. The predicted molar refractivity (Wildman–Crippen MR) is 101 cm³/mol. The fourth-order valence-electron chi connectivity index (χ4n) is 2.59. The van der Waals surface area contributed by atoms with Gasteiger partial charge in [-0.25, -0.2) is 0 Å². The van der Waals surface area contributed by atoms with E-state index < -0.39 is 5.97 Å². The van der Waals surface area contributed by atoms with E-state index in [1.165, 1.54) is 29.2 Å². The Balaban J connectivity index is 1.90. The number of furan rings is 1. The van der Waals surface area contributed by atoms with Crippen LogP contribution in [-0.2, 0) is 4.79 Å². The maximum Gasteiger partial charge on any atom is 0.293 e. The summed E-state index contributed by atoms with van der Waals surface area (Å²) in [5.74, 6) is -0.974. The molecule has 1 aromatic heterocycles. The zero-order chi connectivity index (χ0) is 19.7. The van der Waals surface area contributed by atoms with Gasteiger partial charge in [0.05, 0.1) is 15.9 Å². The Kier molecular flexibility index (Phi) is 5.43. The second-order valence-electron chi connectivity index (χ2n) is 5.99. The fourth-order valence-corrected chi connectivity index (χ4v) is 3.71. The van der Waals surface area contributed by atoms with E-state index in [1.54, 1.807) is 12.1 Å². The first-order valence-corrected chi connectivity index (χ1v) is 9.39. The average molecular weight is 405 g/mol. The number of carbonyl (C=O) groups excluding carboxylic acids is 3. The van der Waals surface area contributed by atoms with Crippen LogP contribution in [0.25, 0.3) is 17.4 Å². The highest BCUT2D eigenvalue weighted by Gasteiger charge is 2.37. The van der Waals surface area contributed by atoms with Crippen LogP contribution in [0.15, 0.2) is 39.7 Å². The second-order valence-corrected chi connectivity index (χ2v) is 7.39. The number of hydrogen-bond donors (Lipinski definition) is 0. The molecule has 1 aliphatic heterocycles. The summed E-state index contributed by atoms with van der Waals surface area (Å²) < 4.78 is 5.68. The number of carboxylic acid groups (broad SMARTS) is 1. The number of thioether (sulfide) groups is 1. The monoisotopic (exact) mass is 404 g/mol. The van der Waals surface area contributed by atoms with E-state index in [0.29, 0.717) is 28.5 Å². The number of benzene rings is 1. The lowest BCUT2D eigenvalue weighted by molar-refractivity contribution is -0.255. The number of nitrogens with zero attached hydrogens (tertiary/aromatic N) is 1. The van der Waals surface area contributed by atoms with Crippen molar-refractivity contribution in [3.8, 4) is 11.3 Å². The van der Waals surface area contributed by atoms with Gasteiger partial charge in [0.2, 0.25) is 0 Å². The number of halogens is 1. The van der Waals surface area contributed by atoms with Gasteiger partial charge in [0.1, 0.15) is 11.5 Å². The molecule has 3 rings (SSSR count). The molecule has 0 aliphatic carbocycles. The standard InChI is InChI=1S/C19H16ClNO5S/c1-3-10(2)21-17(22)16(27-19(21)25)9-12-5-7-15(26-12)13-8-11(18(23)24)4-6-14(13)20/h4-10H,3H2,1-2H3,(H,23,24)/p-1/b16-9+. The highest BCUT2D eigenvalue weighted by molar-refractivity contribution is 8.18. The van der Waals surface area contributed by atoms with E-state index in [1.807, 2.05) is 13.8 Å². The molecule has 8 heteroatoms. The molecule has 0 bridgehead atoms. The minimum atomic E-state index is -1.32. The van der Waals surface area contributed by atoms with Crippen LogP contribution in [0.1, 0.15) is 36.4 Å². The van der Waals surface area contributed by atoms with Crippen molar-refractivity contribution in [2.45, 2.75) is 26.3 Å². The van der Waals surface area contributed by atoms with Crippen molar-refractivity contribution >= 4 is 46.6 Å². The number of hydrogen-bond acceptors (Lipinski definition) is 6. The van der Waals surface area contributed by atoms with Crippen LogP contribution in [-0.4, -0.2) is 28.1 Å². The molecule has 0 saturated carbocycles. The van der Waals surface area contributed by atoms with E-state index in [9.17, 15) is 19.5 Å². The summed E-state index contributed by atoms with van der Waals surface area (Å²) >= 11 is 6.99. The van der Waals surface area contributed by atoms with Crippen LogP contribution in [0, 0.1) is 0 Å². The molecule has 1 aromatic carbocycles. The van der Waals surface area contributed by atoms with Crippen LogP contribution in [0.2, 0.25) is 5.02 Å². The van der Waals surface area contributed by atoms with Gasteiger partial charge in [-0.3, -0.25) is 14.5 Å². The van der Waals surface area contributed by atoms with Gasteiger partial charge in [-0.1, -0.05) is 24.6 Å². The Labute approximate surface area is 164 Å². The van der Waals surface area contributed by atoms with Crippen molar-refractivity contribution in [3.05, 3.63) is 51.6 Å². The Morgan fingerprint density at radius 1 is 1.33 bits per heavy atom. The summed E-state index contributed by atoms with van der Waals surface area (Å²) in [5, 5.41) is 11.0. The first kappa shape index (κ1) is 19.3. The third kappa shape index (κ3) is 3.79. The highest BCUT2D eigenvalue weighted by atomic mass is 35.5. The van der Waals surface area contributed by atoms with Crippen molar-refractivity contribution in [2.75, 3.05) is 0 Å². The Bertz CT molecular complexity index is 965. The minimum Gasteiger partial charge on any atom is -0.545 e. The molecule has 1 saturated heterocycles. The summed E-state index contributed by atoms with van der Waals surface area (Å²) in [5.41, 5.74) is 0.368. The molecule has 1 aliphatic rings. The van der Waals surface area contributed by atoms with Crippen molar-refractivity contribution < 1.29 is 23.9 Å². The van der Waals surface area contributed by atoms with Crippen molar-refractivity contribution in [1.29, 1.82) is 0 Å². The molecule has 1 unspecified atom stereocenters. The lowest BCUT2D eigenvalue weighted by Gasteiger charge is -2.19. The van der Waals surface area contributed by atoms with Crippen LogP contribution >= 0.6 is 23.4 Å². The summed E-state index contributed by atoms with van der Waals surface area (Å²) in [6.07, 6.45) is 2.16. The largest absolute Gasteiger partial charge is 0.545 e. The molecule has 27 heavy (non-hydrogen) atoms. The van der Waals surface area contributed by atoms with E-state index in [2.05, 4.69) is 0 Å². The number of amides is 2. The zero-order valence-electron chi connectivity index (χ0n) is 14.5. The van der Waals surface area contributed by atoms with Crippen molar-refractivity contribution in [2.24, 2.45) is 0 Å². The van der Waals surface area contributed by atoms with Crippen LogP contribution in [0.3, 0.4) is 0 Å². The molecule has 0 spiro atoms. The van der Waals surface area contributed by atoms with E-state index >= 15 is 0 Å². The van der Waals surface area contributed by atoms with E-state index in [4.69, 9.17) is 16.0 Å². The molecular weight excluding hydrogens is 390 g/mol. The van der Waals surface area contributed by atoms with Crippen LogP contribution < -0.4 is 5.11 Å². The maximum absolute atomic E-state index is 12.5. The molecule has 0 N–H and O–H groups in total.